The standard InChI is InChI=1S/C12H10FN3O/c1-16-7-11(6-15-16)17-8-10-3-2-9(5-14)4-12(10)13/h2-4,6-7H,8H2,1H3. The average Bonchev–Trinajstić information content (AvgIpc) is 2.73. The SMILES string of the molecule is Cn1cc(OCc2ccc(C#N)cc2F)cn1. The van der Waals surface area contributed by atoms with Crippen molar-refractivity contribution in [1.82, 2.24) is 9.78 Å². The monoisotopic (exact) mass is 231 g/mol. The van der Waals surface area contributed by atoms with Crippen LogP contribution in [-0.4, -0.2) is 9.78 Å². The lowest BCUT2D eigenvalue weighted by atomic mass is 10.1. The molecule has 0 unspecified atom stereocenters. The van der Waals surface area contributed by atoms with Crippen molar-refractivity contribution in [3.63, 3.8) is 0 Å². The number of hydrogen-bond acceptors (Lipinski definition) is 3. The molecule has 2 rings (SSSR count). The minimum Gasteiger partial charge on any atom is -0.486 e. The van der Waals surface area contributed by atoms with Gasteiger partial charge in [-0.05, 0) is 12.1 Å². The Labute approximate surface area is 97.9 Å². The number of ether oxygens (including phenoxy) is 1. The van der Waals surface area contributed by atoms with Gasteiger partial charge in [-0.1, -0.05) is 6.07 Å². The molecule has 86 valence electrons. The maximum Gasteiger partial charge on any atom is 0.157 e. The summed E-state index contributed by atoms with van der Waals surface area (Å²) in [5.41, 5.74) is 0.709. The number of halogens is 1. The molecule has 17 heavy (non-hydrogen) atoms. The van der Waals surface area contributed by atoms with E-state index in [9.17, 15) is 4.39 Å². The summed E-state index contributed by atoms with van der Waals surface area (Å²) >= 11 is 0. The van der Waals surface area contributed by atoms with Crippen LogP contribution in [0.2, 0.25) is 0 Å². The van der Waals surface area contributed by atoms with Gasteiger partial charge in [0, 0.05) is 12.6 Å². The van der Waals surface area contributed by atoms with E-state index in [4.69, 9.17) is 10.00 Å². The van der Waals surface area contributed by atoms with E-state index in [1.165, 1.54) is 6.07 Å². The molecule has 0 saturated heterocycles. The lowest BCUT2D eigenvalue weighted by Gasteiger charge is -2.04. The molecule has 1 aromatic carbocycles. The van der Waals surface area contributed by atoms with Gasteiger partial charge in [0.05, 0.1) is 24.0 Å². The molecule has 0 saturated carbocycles. The average molecular weight is 231 g/mol. The number of rotatable bonds is 3. The van der Waals surface area contributed by atoms with E-state index in [2.05, 4.69) is 5.10 Å². The van der Waals surface area contributed by atoms with Gasteiger partial charge in [-0.3, -0.25) is 4.68 Å². The van der Waals surface area contributed by atoms with Gasteiger partial charge in [-0.15, -0.1) is 0 Å². The molecule has 4 nitrogen and oxygen atoms in total. The third-order valence-electron chi connectivity index (χ3n) is 2.26. The fourth-order valence-electron chi connectivity index (χ4n) is 1.37. The highest BCUT2D eigenvalue weighted by molar-refractivity contribution is 5.32. The molecule has 0 atom stereocenters. The quantitative estimate of drug-likeness (QED) is 0.811. The second-order valence-corrected chi connectivity index (χ2v) is 3.56. The fourth-order valence-corrected chi connectivity index (χ4v) is 1.37. The Hall–Kier alpha value is -2.35. The zero-order chi connectivity index (χ0) is 12.3. The number of benzene rings is 1. The zero-order valence-corrected chi connectivity index (χ0v) is 9.22. The minimum absolute atomic E-state index is 0.114. The van der Waals surface area contributed by atoms with E-state index in [1.807, 2.05) is 6.07 Å². The number of nitriles is 1. The smallest absolute Gasteiger partial charge is 0.157 e. The van der Waals surface area contributed by atoms with Crippen molar-refractivity contribution in [2.45, 2.75) is 6.61 Å². The van der Waals surface area contributed by atoms with Crippen LogP contribution < -0.4 is 4.74 Å². The van der Waals surface area contributed by atoms with Crippen molar-refractivity contribution in [2.75, 3.05) is 0 Å². The first-order chi connectivity index (χ1) is 8.19. The van der Waals surface area contributed by atoms with Gasteiger partial charge in [0.25, 0.3) is 0 Å². The van der Waals surface area contributed by atoms with Crippen molar-refractivity contribution >= 4 is 0 Å². The minimum atomic E-state index is -0.437. The molecule has 0 amide bonds. The summed E-state index contributed by atoms with van der Waals surface area (Å²) in [6.07, 6.45) is 3.25. The lowest BCUT2D eigenvalue weighted by molar-refractivity contribution is 0.299. The van der Waals surface area contributed by atoms with Crippen molar-refractivity contribution in [3.05, 3.63) is 47.5 Å². The second-order valence-electron chi connectivity index (χ2n) is 3.56. The zero-order valence-electron chi connectivity index (χ0n) is 9.22. The number of hydrogen-bond donors (Lipinski definition) is 0. The van der Waals surface area contributed by atoms with E-state index in [0.29, 0.717) is 16.9 Å². The van der Waals surface area contributed by atoms with E-state index in [-0.39, 0.29) is 6.61 Å². The summed E-state index contributed by atoms with van der Waals surface area (Å²) in [5.74, 6) is 0.143. The maximum absolute atomic E-state index is 13.5. The fraction of sp³-hybridized carbons (Fsp3) is 0.167. The van der Waals surface area contributed by atoms with Gasteiger partial charge >= 0.3 is 0 Å². The second kappa shape index (κ2) is 4.66. The van der Waals surface area contributed by atoms with Gasteiger partial charge in [-0.25, -0.2) is 4.39 Å². The molecule has 0 aliphatic rings. The summed E-state index contributed by atoms with van der Waals surface area (Å²) in [6, 6.07) is 6.18. The van der Waals surface area contributed by atoms with Crippen LogP contribution in [0.5, 0.6) is 5.75 Å². The van der Waals surface area contributed by atoms with Crippen LogP contribution in [0.3, 0.4) is 0 Å². The molecule has 0 spiro atoms. The Kier molecular flexibility index (Phi) is 3.06. The van der Waals surface area contributed by atoms with E-state index < -0.39 is 5.82 Å². The Balaban J connectivity index is 2.07. The van der Waals surface area contributed by atoms with Crippen LogP contribution in [0, 0.1) is 17.1 Å². The van der Waals surface area contributed by atoms with Crippen LogP contribution in [0.4, 0.5) is 4.39 Å². The van der Waals surface area contributed by atoms with Crippen molar-refractivity contribution in [3.8, 4) is 11.8 Å². The van der Waals surface area contributed by atoms with Crippen molar-refractivity contribution in [1.29, 1.82) is 5.26 Å². The van der Waals surface area contributed by atoms with Gasteiger partial charge in [0.2, 0.25) is 0 Å². The van der Waals surface area contributed by atoms with Gasteiger partial charge in [0.1, 0.15) is 12.4 Å². The van der Waals surface area contributed by atoms with Gasteiger partial charge < -0.3 is 4.74 Å². The molecule has 0 radical (unpaired) electrons. The Bertz CT molecular complexity index is 571. The summed E-state index contributed by atoms with van der Waals surface area (Å²) in [6.45, 7) is 0.114. The molecule has 0 aliphatic heterocycles. The van der Waals surface area contributed by atoms with E-state index in [1.54, 1.807) is 36.3 Å². The molecule has 0 bridgehead atoms. The van der Waals surface area contributed by atoms with Gasteiger partial charge in [-0.2, -0.15) is 10.4 Å². The molecular weight excluding hydrogens is 221 g/mol. The largest absolute Gasteiger partial charge is 0.486 e. The Morgan fingerprint density at radius 2 is 2.35 bits per heavy atom. The molecule has 1 aromatic heterocycles. The maximum atomic E-state index is 13.5. The predicted octanol–water partition coefficient (Wildman–Crippen LogP) is 2.01. The molecule has 2 aromatic rings. The van der Waals surface area contributed by atoms with Crippen LogP contribution in [0.15, 0.2) is 30.6 Å². The van der Waals surface area contributed by atoms with E-state index in [0.717, 1.165) is 0 Å². The third kappa shape index (κ3) is 2.61. The highest BCUT2D eigenvalue weighted by atomic mass is 19.1. The molecule has 5 heteroatoms. The molecule has 1 heterocycles. The summed E-state index contributed by atoms with van der Waals surface area (Å²) in [7, 11) is 1.77. The number of aryl methyl sites for hydroxylation is 1. The topological polar surface area (TPSA) is 50.8 Å². The number of aromatic nitrogens is 2. The molecular formula is C12H10FN3O. The van der Waals surface area contributed by atoms with Crippen LogP contribution in [0.25, 0.3) is 0 Å². The van der Waals surface area contributed by atoms with Crippen LogP contribution in [-0.2, 0) is 13.7 Å². The Morgan fingerprint density at radius 3 is 2.94 bits per heavy atom. The third-order valence-corrected chi connectivity index (χ3v) is 2.26. The highest BCUT2D eigenvalue weighted by Crippen LogP contribution is 2.14. The van der Waals surface area contributed by atoms with Crippen molar-refractivity contribution in [2.24, 2.45) is 7.05 Å². The summed E-state index contributed by atoms with van der Waals surface area (Å²) in [4.78, 5) is 0. The van der Waals surface area contributed by atoms with Crippen LogP contribution in [0.1, 0.15) is 11.1 Å². The van der Waals surface area contributed by atoms with Crippen LogP contribution >= 0.6 is 0 Å². The molecule has 0 N–H and O–H groups in total. The molecule has 0 aliphatic carbocycles. The predicted molar refractivity (Wildman–Crippen MR) is 58.7 cm³/mol. The van der Waals surface area contributed by atoms with Gasteiger partial charge in [0.15, 0.2) is 5.75 Å². The summed E-state index contributed by atoms with van der Waals surface area (Å²) < 4.78 is 20.5. The highest BCUT2D eigenvalue weighted by Gasteiger charge is 2.05. The first kappa shape index (κ1) is 11.1. The van der Waals surface area contributed by atoms with Crippen molar-refractivity contribution < 1.29 is 9.13 Å². The molecule has 0 fully saturated rings. The first-order valence-corrected chi connectivity index (χ1v) is 4.99. The normalized spacial score (nSPS) is 9.94. The number of nitrogens with zero attached hydrogens (tertiary/aromatic N) is 3. The van der Waals surface area contributed by atoms with E-state index >= 15 is 0 Å². The first-order valence-electron chi connectivity index (χ1n) is 4.99. The summed E-state index contributed by atoms with van der Waals surface area (Å²) in [5, 5.41) is 12.5. The lowest BCUT2D eigenvalue weighted by Crippen LogP contribution is -1.98. The Morgan fingerprint density at radius 1 is 1.53 bits per heavy atom.